The van der Waals surface area contributed by atoms with Crippen LogP contribution in [0.1, 0.15) is 56.8 Å². The molecule has 1 aliphatic carbocycles. The molecule has 0 amide bonds. The first-order valence-corrected chi connectivity index (χ1v) is 12.0. The third-order valence-electron chi connectivity index (χ3n) is 6.28. The first kappa shape index (κ1) is 22.6. The third kappa shape index (κ3) is 4.47. The molecule has 0 aromatic heterocycles. The Hall–Kier alpha value is -4.18. The quantitative estimate of drug-likeness (QED) is 0.276. The molecule has 0 saturated carbocycles. The Bertz CT molecular complexity index is 1420. The molecule has 1 aliphatic rings. The molecule has 0 aliphatic heterocycles. The second-order valence-corrected chi connectivity index (χ2v) is 9.53. The molecule has 4 heteroatoms. The Labute approximate surface area is 206 Å². The van der Waals surface area contributed by atoms with Crippen LogP contribution in [0.2, 0.25) is 0 Å². The van der Waals surface area contributed by atoms with E-state index in [1.165, 1.54) is 5.56 Å². The molecule has 35 heavy (non-hydrogen) atoms. The van der Waals surface area contributed by atoms with Crippen molar-refractivity contribution >= 4 is 34.3 Å². The zero-order valence-electron chi connectivity index (χ0n) is 20.2. The second kappa shape index (κ2) is 9.22. The average Bonchev–Trinajstić information content (AvgIpc) is 2.85. The van der Waals surface area contributed by atoms with Crippen molar-refractivity contribution in [3.63, 3.8) is 0 Å². The van der Waals surface area contributed by atoms with Crippen LogP contribution in [-0.2, 0) is 6.42 Å². The zero-order chi connectivity index (χ0) is 24.5. The van der Waals surface area contributed by atoms with Crippen molar-refractivity contribution < 1.29 is 9.59 Å². The van der Waals surface area contributed by atoms with Gasteiger partial charge in [0.05, 0.1) is 22.5 Å². The number of hydrogen-bond donors (Lipinski definition) is 2. The largest absolute Gasteiger partial charge is 0.355 e. The normalized spacial score (nSPS) is 12.3. The number of benzene rings is 4. The molecular weight excluding hydrogens is 432 g/mol. The molecule has 0 bridgehead atoms. The van der Waals surface area contributed by atoms with Crippen molar-refractivity contribution in [3.8, 4) is 0 Å². The summed E-state index contributed by atoms with van der Waals surface area (Å²) in [6.45, 7) is 6.43. The van der Waals surface area contributed by atoms with Crippen molar-refractivity contribution in [2.45, 2.75) is 27.2 Å². The number of ketones is 2. The van der Waals surface area contributed by atoms with Gasteiger partial charge in [-0.15, -0.1) is 0 Å². The Morgan fingerprint density at radius 2 is 1.09 bits per heavy atom. The number of rotatable bonds is 6. The number of carbonyl (C=O) groups is 2. The van der Waals surface area contributed by atoms with Crippen LogP contribution in [0.5, 0.6) is 0 Å². The molecule has 0 atom stereocenters. The molecule has 4 nitrogen and oxygen atoms in total. The van der Waals surface area contributed by atoms with Gasteiger partial charge in [-0.05, 0) is 61.2 Å². The maximum Gasteiger partial charge on any atom is 0.196 e. The Balaban J connectivity index is 1.58. The van der Waals surface area contributed by atoms with Crippen molar-refractivity contribution in [3.05, 3.63) is 118 Å². The standard InChI is InChI=1S/C31H28N2O2/c1-19(2)18-21-10-14-23(15-11-21)33-27-17-16-26(32-22-12-8-20(3)9-13-22)28-29(27)31(35)25-7-5-4-6-24(25)30(28)34/h4-17,19,32-33H,18H2,1-3H3. The molecule has 0 spiro atoms. The highest BCUT2D eigenvalue weighted by Crippen LogP contribution is 2.38. The molecule has 0 unspecified atom stereocenters. The van der Waals surface area contributed by atoms with Crippen molar-refractivity contribution in [1.29, 1.82) is 0 Å². The van der Waals surface area contributed by atoms with Gasteiger partial charge in [-0.25, -0.2) is 0 Å². The minimum Gasteiger partial charge on any atom is -0.355 e. The maximum atomic E-state index is 13.7. The topological polar surface area (TPSA) is 58.2 Å². The summed E-state index contributed by atoms with van der Waals surface area (Å²) in [5.41, 5.74) is 7.07. The lowest BCUT2D eigenvalue weighted by atomic mass is 9.82. The first-order chi connectivity index (χ1) is 16.9. The summed E-state index contributed by atoms with van der Waals surface area (Å²) in [7, 11) is 0. The SMILES string of the molecule is Cc1ccc(Nc2ccc(Nc3ccc(CC(C)C)cc3)c3c2C(=O)c2ccccc2C3=O)cc1. The average molecular weight is 461 g/mol. The predicted octanol–water partition coefficient (Wildman–Crippen LogP) is 7.46. The van der Waals surface area contributed by atoms with Crippen LogP contribution in [0.3, 0.4) is 0 Å². The molecule has 0 fully saturated rings. The third-order valence-corrected chi connectivity index (χ3v) is 6.28. The van der Waals surface area contributed by atoms with E-state index >= 15 is 0 Å². The van der Waals surface area contributed by atoms with Crippen LogP contribution in [0.4, 0.5) is 22.7 Å². The number of anilines is 4. The molecule has 4 aromatic rings. The monoisotopic (exact) mass is 460 g/mol. The van der Waals surface area contributed by atoms with E-state index in [9.17, 15) is 9.59 Å². The van der Waals surface area contributed by atoms with E-state index in [2.05, 4.69) is 36.6 Å². The number of aryl methyl sites for hydroxylation is 1. The molecule has 0 heterocycles. The van der Waals surface area contributed by atoms with Gasteiger partial charge in [-0.3, -0.25) is 9.59 Å². The van der Waals surface area contributed by atoms with Crippen molar-refractivity contribution in [2.75, 3.05) is 10.6 Å². The number of fused-ring (bicyclic) bond motifs is 2. The van der Waals surface area contributed by atoms with E-state index < -0.39 is 0 Å². The van der Waals surface area contributed by atoms with Crippen LogP contribution in [-0.4, -0.2) is 11.6 Å². The van der Waals surface area contributed by atoms with Crippen LogP contribution in [0, 0.1) is 12.8 Å². The Morgan fingerprint density at radius 3 is 1.54 bits per heavy atom. The number of nitrogens with one attached hydrogen (secondary N) is 2. The summed E-state index contributed by atoms with van der Waals surface area (Å²) in [6, 6.07) is 27.0. The van der Waals surface area contributed by atoms with Gasteiger partial charge in [-0.2, -0.15) is 0 Å². The summed E-state index contributed by atoms with van der Waals surface area (Å²) in [6.07, 6.45) is 1.01. The Kier molecular flexibility index (Phi) is 5.96. The minimum atomic E-state index is -0.152. The van der Waals surface area contributed by atoms with Gasteiger partial charge in [-0.1, -0.05) is 67.9 Å². The number of carbonyl (C=O) groups excluding carboxylic acids is 2. The van der Waals surface area contributed by atoms with Crippen LogP contribution in [0.15, 0.2) is 84.9 Å². The van der Waals surface area contributed by atoms with Crippen LogP contribution < -0.4 is 10.6 Å². The summed E-state index contributed by atoms with van der Waals surface area (Å²) in [4.78, 5) is 27.3. The maximum absolute atomic E-state index is 13.7. The van der Waals surface area contributed by atoms with Gasteiger partial charge in [0.1, 0.15) is 0 Å². The highest BCUT2D eigenvalue weighted by molar-refractivity contribution is 6.32. The zero-order valence-corrected chi connectivity index (χ0v) is 20.2. The van der Waals surface area contributed by atoms with Gasteiger partial charge in [0, 0.05) is 22.5 Å². The second-order valence-electron chi connectivity index (χ2n) is 9.53. The lowest BCUT2D eigenvalue weighted by Gasteiger charge is -2.24. The fourth-order valence-electron chi connectivity index (χ4n) is 4.57. The number of hydrogen-bond acceptors (Lipinski definition) is 4. The summed E-state index contributed by atoms with van der Waals surface area (Å²) >= 11 is 0. The molecule has 0 radical (unpaired) electrons. The predicted molar refractivity (Wildman–Crippen MR) is 142 cm³/mol. The van der Waals surface area contributed by atoms with Gasteiger partial charge in [0.15, 0.2) is 11.6 Å². The van der Waals surface area contributed by atoms with Crippen molar-refractivity contribution in [2.24, 2.45) is 5.92 Å². The van der Waals surface area contributed by atoms with Gasteiger partial charge in [0.2, 0.25) is 0 Å². The van der Waals surface area contributed by atoms with E-state index in [4.69, 9.17) is 0 Å². The molecule has 2 N–H and O–H groups in total. The van der Waals surface area contributed by atoms with Gasteiger partial charge in [0.25, 0.3) is 0 Å². The lowest BCUT2D eigenvalue weighted by molar-refractivity contribution is 0.0980. The fourth-order valence-corrected chi connectivity index (χ4v) is 4.57. The van der Waals surface area contributed by atoms with Crippen LogP contribution >= 0.6 is 0 Å². The Morgan fingerprint density at radius 1 is 0.629 bits per heavy atom. The summed E-state index contributed by atoms with van der Waals surface area (Å²) < 4.78 is 0. The van der Waals surface area contributed by atoms with Crippen molar-refractivity contribution in [1.82, 2.24) is 0 Å². The summed E-state index contributed by atoms with van der Waals surface area (Å²) in [5, 5.41) is 6.75. The highest BCUT2D eigenvalue weighted by atomic mass is 16.1. The van der Waals surface area contributed by atoms with E-state index in [0.29, 0.717) is 39.5 Å². The van der Waals surface area contributed by atoms with Gasteiger partial charge < -0.3 is 10.6 Å². The highest BCUT2D eigenvalue weighted by Gasteiger charge is 2.34. The molecular formula is C31H28N2O2. The minimum absolute atomic E-state index is 0.151. The van der Waals surface area contributed by atoms with E-state index in [1.807, 2.05) is 55.5 Å². The van der Waals surface area contributed by atoms with E-state index in [1.54, 1.807) is 24.3 Å². The fraction of sp³-hybridized carbons (Fsp3) is 0.161. The van der Waals surface area contributed by atoms with E-state index in [-0.39, 0.29) is 11.6 Å². The van der Waals surface area contributed by atoms with E-state index in [0.717, 1.165) is 23.4 Å². The molecule has 4 aromatic carbocycles. The van der Waals surface area contributed by atoms with Gasteiger partial charge >= 0.3 is 0 Å². The van der Waals surface area contributed by atoms with Crippen LogP contribution in [0.25, 0.3) is 0 Å². The molecule has 0 saturated heterocycles. The summed E-state index contributed by atoms with van der Waals surface area (Å²) in [5.74, 6) is 0.278. The molecule has 5 rings (SSSR count). The smallest absolute Gasteiger partial charge is 0.196 e. The molecule has 174 valence electrons. The first-order valence-electron chi connectivity index (χ1n) is 12.0. The lowest BCUT2D eigenvalue weighted by Crippen LogP contribution is -2.23.